The molecular formula is C16H23ClN4O3S. The summed E-state index contributed by atoms with van der Waals surface area (Å²) in [6.45, 7) is 3.43. The van der Waals surface area contributed by atoms with E-state index in [2.05, 4.69) is 20.3 Å². The van der Waals surface area contributed by atoms with Gasteiger partial charge in [-0.2, -0.15) is 0 Å². The van der Waals surface area contributed by atoms with Gasteiger partial charge in [0.05, 0.1) is 10.9 Å². The molecule has 0 bridgehead atoms. The van der Waals surface area contributed by atoms with Gasteiger partial charge in [-0.05, 0) is 38.4 Å². The van der Waals surface area contributed by atoms with Gasteiger partial charge in [-0.1, -0.05) is 12.1 Å². The zero-order valence-electron chi connectivity index (χ0n) is 14.0. The fourth-order valence-electron chi connectivity index (χ4n) is 3.00. The normalized spacial score (nSPS) is 23.4. The molecule has 1 fully saturated rings. The van der Waals surface area contributed by atoms with Crippen LogP contribution in [-0.4, -0.2) is 45.3 Å². The molecule has 1 aromatic rings. The topological polar surface area (TPSA) is 99.7 Å². The van der Waals surface area contributed by atoms with Gasteiger partial charge >= 0.3 is 0 Å². The van der Waals surface area contributed by atoms with Crippen molar-refractivity contribution >= 4 is 34.2 Å². The molecule has 3 N–H and O–H groups in total. The smallest absolute Gasteiger partial charge is 0.263 e. The van der Waals surface area contributed by atoms with E-state index in [0.29, 0.717) is 24.0 Å². The third-order valence-corrected chi connectivity index (χ3v) is 5.60. The molecule has 25 heavy (non-hydrogen) atoms. The Labute approximate surface area is 154 Å². The summed E-state index contributed by atoms with van der Waals surface area (Å²) in [6, 6.07) is 6.74. The molecule has 0 aromatic heterocycles. The molecule has 2 aliphatic rings. The molecule has 7 nitrogen and oxygen atoms in total. The van der Waals surface area contributed by atoms with Crippen LogP contribution in [-0.2, 0) is 14.8 Å². The van der Waals surface area contributed by atoms with E-state index in [9.17, 15) is 13.2 Å². The molecule has 0 aliphatic carbocycles. The number of amides is 1. The predicted molar refractivity (Wildman–Crippen MR) is 98.7 cm³/mol. The van der Waals surface area contributed by atoms with E-state index in [4.69, 9.17) is 0 Å². The standard InChI is InChI=1S/C16H22N4O3S.ClH/c1-11(9-15(21)18-10-12-5-4-8-17-12)19-16-13-6-2-3-7-14(13)24(22,23)20-16;/h2-3,6-7,11-12,17H,4-5,8-10H2,1H3,(H,18,21)(H,19,20);1H. The maximum Gasteiger partial charge on any atom is 0.263 e. The van der Waals surface area contributed by atoms with Crippen molar-refractivity contribution in [3.8, 4) is 0 Å². The zero-order chi connectivity index (χ0) is 17.2. The average Bonchev–Trinajstić information content (AvgIpc) is 3.13. The van der Waals surface area contributed by atoms with Crippen molar-refractivity contribution in [2.45, 2.75) is 43.2 Å². The number of hydrogen-bond acceptors (Lipinski definition) is 5. The lowest BCUT2D eigenvalue weighted by atomic mass is 10.2. The number of benzene rings is 1. The van der Waals surface area contributed by atoms with Crippen molar-refractivity contribution in [1.29, 1.82) is 0 Å². The number of amidine groups is 1. The van der Waals surface area contributed by atoms with Gasteiger partial charge in [-0.3, -0.25) is 14.5 Å². The molecule has 0 radical (unpaired) electrons. The van der Waals surface area contributed by atoms with Crippen LogP contribution in [0.4, 0.5) is 0 Å². The lowest BCUT2D eigenvalue weighted by Gasteiger charge is -2.13. The maximum absolute atomic E-state index is 12.0. The van der Waals surface area contributed by atoms with E-state index in [0.717, 1.165) is 19.4 Å². The minimum absolute atomic E-state index is 0. The molecule has 2 aliphatic heterocycles. The van der Waals surface area contributed by atoms with Crippen LogP contribution in [0, 0.1) is 0 Å². The Hall–Kier alpha value is -1.64. The van der Waals surface area contributed by atoms with E-state index in [1.54, 1.807) is 31.2 Å². The zero-order valence-corrected chi connectivity index (χ0v) is 15.6. The number of nitrogens with zero attached hydrogens (tertiary/aromatic N) is 1. The lowest BCUT2D eigenvalue weighted by Crippen LogP contribution is -2.38. The molecule has 1 saturated heterocycles. The van der Waals surface area contributed by atoms with Crippen LogP contribution in [0.1, 0.15) is 31.7 Å². The summed E-state index contributed by atoms with van der Waals surface area (Å²) < 4.78 is 26.5. The fraction of sp³-hybridized carbons (Fsp3) is 0.500. The van der Waals surface area contributed by atoms with Crippen LogP contribution in [0.2, 0.25) is 0 Å². The van der Waals surface area contributed by atoms with Crippen molar-refractivity contribution < 1.29 is 13.2 Å². The van der Waals surface area contributed by atoms with Gasteiger partial charge in [0.2, 0.25) is 5.91 Å². The third-order valence-electron chi connectivity index (χ3n) is 4.20. The molecule has 9 heteroatoms. The number of nitrogens with one attached hydrogen (secondary N) is 3. The van der Waals surface area contributed by atoms with Crippen molar-refractivity contribution in [3.05, 3.63) is 29.8 Å². The number of fused-ring (bicyclic) bond motifs is 1. The molecule has 0 saturated carbocycles. The van der Waals surface area contributed by atoms with Crippen LogP contribution >= 0.6 is 12.4 Å². The molecule has 2 atom stereocenters. The summed E-state index contributed by atoms with van der Waals surface area (Å²) in [5.41, 5.74) is 0.555. The minimum atomic E-state index is -3.54. The number of rotatable bonds is 5. The van der Waals surface area contributed by atoms with Gasteiger partial charge in [0.15, 0.2) is 0 Å². The van der Waals surface area contributed by atoms with Gasteiger partial charge in [0.1, 0.15) is 5.84 Å². The number of halogens is 1. The Morgan fingerprint density at radius 2 is 2.16 bits per heavy atom. The van der Waals surface area contributed by atoms with Gasteiger partial charge < -0.3 is 10.6 Å². The second kappa shape index (κ2) is 8.16. The SMILES string of the molecule is CC(CC(=O)NCC1CCCN1)N=C1NS(=O)(=O)c2ccccc21.Cl. The predicted octanol–water partition coefficient (Wildman–Crippen LogP) is 0.794. The summed E-state index contributed by atoms with van der Waals surface area (Å²) in [7, 11) is -3.54. The van der Waals surface area contributed by atoms with E-state index < -0.39 is 10.0 Å². The first-order valence-corrected chi connectivity index (χ1v) is 9.64. The number of aliphatic imine (C=N–C) groups is 1. The average molecular weight is 387 g/mol. The first kappa shape index (κ1) is 19.7. The summed E-state index contributed by atoms with van der Waals surface area (Å²) in [5.74, 6) is 0.234. The highest BCUT2D eigenvalue weighted by molar-refractivity contribution is 7.90. The molecule has 138 valence electrons. The molecular weight excluding hydrogens is 364 g/mol. The molecule has 0 spiro atoms. The number of hydrogen-bond donors (Lipinski definition) is 3. The highest BCUT2D eigenvalue weighted by atomic mass is 35.5. The van der Waals surface area contributed by atoms with Crippen LogP contribution in [0.15, 0.2) is 34.2 Å². The first-order chi connectivity index (χ1) is 11.5. The van der Waals surface area contributed by atoms with E-state index in [1.807, 2.05) is 0 Å². The molecule has 1 amide bonds. The van der Waals surface area contributed by atoms with Gasteiger partial charge in [-0.15, -0.1) is 12.4 Å². The maximum atomic E-state index is 12.0. The highest BCUT2D eigenvalue weighted by Gasteiger charge is 2.30. The van der Waals surface area contributed by atoms with Crippen molar-refractivity contribution in [3.63, 3.8) is 0 Å². The summed E-state index contributed by atoms with van der Waals surface area (Å²) >= 11 is 0. The Morgan fingerprint density at radius 3 is 2.88 bits per heavy atom. The quantitative estimate of drug-likeness (QED) is 0.696. The fourth-order valence-corrected chi connectivity index (χ4v) is 4.24. The summed E-state index contributed by atoms with van der Waals surface area (Å²) in [5, 5.41) is 6.23. The highest BCUT2D eigenvalue weighted by Crippen LogP contribution is 2.22. The summed E-state index contributed by atoms with van der Waals surface area (Å²) in [6.07, 6.45) is 2.45. The monoisotopic (exact) mass is 386 g/mol. The Balaban J connectivity index is 0.00000225. The number of sulfonamides is 1. The minimum Gasteiger partial charge on any atom is -0.354 e. The molecule has 2 heterocycles. The first-order valence-electron chi connectivity index (χ1n) is 8.16. The van der Waals surface area contributed by atoms with E-state index in [-0.39, 0.29) is 35.7 Å². The van der Waals surface area contributed by atoms with Crippen LogP contribution in [0.5, 0.6) is 0 Å². The van der Waals surface area contributed by atoms with Crippen LogP contribution in [0.25, 0.3) is 0 Å². The largest absolute Gasteiger partial charge is 0.354 e. The van der Waals surface area contributed by atoms with Crippen LogP contribution < -0.4 is 15.4 Å². The van der Waals surface area contributed by atoms with E-state index >= 15 is 0 Å². The van der Waals surface area contributed by atoms with E-state index in [1.165, 1.54) is 0 Å². The Morgan fingerprint density at radius 1 is 1.40 bits per heavy atom. The van der Waals surface area contributed by atoms with Crippen LogP contribution in [0.3, 0.4) is 0 Å². The van der Waals surface area contributed by atoms with Gasteiger partial charge in [0, 0.05) is 24.6 Å². The molecule has 1 aromatic carbocycles. The number of carbonyl (C=O) groups is 1. The molecule has 3 rings (SSSR count). The lowest BCUT2D eigenvalue weighted by molar-refractivity contribution is -0.121. The van der Waals surface area contributed by atoms with Crippen molar-refractivity contribution in [2.75, 3.05) is 13.1 Å². The third kappa shape index (κ3) is 4.71. The van der Waals surface area contributed by atoms with Gasteiger partial charge in [0.25, 0.3) is 10.0 Å². The Kier molecular flexibility index (Phi) is 6.42. The van der Waals surface area contributed by atoms with Crippen molar-refractivity contribution in [2.24, 2.45) is 4.99 Å². The van der Waals surface area contributed by atoms with Gasteiger partial charge in [-0.25, -0.2) is 8.42 Å². The second-order valence-electron chi connectivity index (χ2n) is 6.23. The number of carbonyl (C=O) groups excluding carboxylic acids is 1. The Bertz CT molecular complexity index is 760. The molecule has 2 unspecified atom stereocenters. The van der Waals surface area contributed by atoms with Crippen molar-refractivity contribution in [1.82, 2.24) is 15.4 Å². The summed E-state index contributed by atoms with van der Waals surface area (Å²) in [4.78, 5) is 16.6. The second-order valence-corrected chi connectivity index (χ2v) is 7.88.